The van der Waals surface area contributed by atoms with E-state index in [9.17, 15) is 9.90 Å². The Morgan fingerprint density at radius 1 is 1.08 bits per heavy atom. The van der Waals surface area contributed by atoms with Gasteiger partial charge in [-0.15, -0.1) is 0 Å². The van der Waals surface area contributed by atoms with E-state index in [1.54, 1.807) is 0 Å². The van der Waals surface area contributed by atoms with Crippen molar-refractivity contribution in [3.63, 3.8) is 0 Å². The molecule has 1 fully saturated rings. The maximum atomic E-state index is 10.7. The average Bonchev–Trinajstić information content (AvgIpc) is 3.23. The van der Waals surface area contributed by atoms with Crippen molar-refractivity contribution in [3.05, 3.63) is 60.8 Å². The summed E-state index contributed by atoms with van der Waals surface area (Å²) in [6.45, 7) is 6.06. The number of hydrogen-bond acceptors (Lipinski definition) is 2. The maximum Gasteiger partial charge on any atom is 0.303 e. The minimum atomic E-state index is -0.766. The summed E-state index contributed by atoms with van der Waals surface area (Å²) < 4.78 is 0. The molecule has 0 bridgehead atoms. The van der Waals surface area contributed by atoms with Gasteiger partial charge in [0, 0.05) is 18.3 Å². The molecule has 0 aromatic heterocycles. The van der Waals surface area contributed by atoms with Gasteiger partial charge in [0.25, 0.3) is 0 Å². The van der Waals surface area contributed by atoms with Gasteiger partial charge < -0.3 is 10.2 Å². The van der Waals surface area contributed by atoms with E-state index in [2.05, 4.69) is 43.4 Å². The van der Waals surface area contributed by atoms with Crippen LogP contribution in [0.2, 0.25) is 0 Å². The van der Waals surface area contributed by atoms with Crippen molar-refractivity contribution in [3.8, 4) is 0 Å². The van der Waals surface area contributed by atoms with Crippen molar-refractivity contribution in [2.45, 2.75) is 58.5 Å². The van der Waals surface area contributed by atoms with Crippen molar-refractivity contribution >= 4 is 5.97 Å². The van der Waals surface area contributed by atoms with Crippen LogP contribution in [0.25, 0.3) is 0 Å². The van der Waals surface area contributed by atoms with E-state index in [1.165, 1.54) is 0 Å². The Kier molecular flexibility index (Phi) is 9.97. The molecule has 0 aliphatic heterocycles. The predicted octanol–water partition coefficient (Wildman–Crippen LogP) is 5.46. The van der Waals surface area contributed by atoms with Crippen LogP contribution in [0, 0.1) is 17.8 Å². The van der Waals surface area contributed by atoms with Gasteiger partial charge in [0.2, 0.25) is 0 Å². The minimum absolute atomic E-state index is 0.162. The molecule has 0 aromatic rings. The molecule has 3 nitrogen and oxygen atoms in total. The van der Waals surface area contributed by atoms with Crippen molar-refractivity contribution < 1.29 is 15.0 Å². The fraction of sp³-hybridized carbons (Fsp3) is 0.522. The Morgan fingerprint density at radius 3 is 2.35 bits per heavy atom. The highest BCUT2D eigenvalue weighted by atomic mass is 16.4. The topological polar surface area (TPSA) is 57.5 Å². The van der Waals surface area contributed by atoms with Crippen molar-refractivity contribution in [2.75, 3.05) is 0 Å². The first-order valence-corrected chi connectivity index (χ1v) is 9.67. The second kappa shape index (κ2) is 11.7. The molecule has 2 N–H and O–H groups in total. The fourth-order valence-corrected chi connectivity index (χ4v) is 3.13. The second-order valence-corrected chi connectivity index (χ2v) is 6.93. The molecule has 1 aliphatic rings. The quantitative estimate of drug-likeness (QED) is 0.456. The van der Waals surface area contributed by atoms with Crippen LogP contribution in [0.15, 0.2) is 60.8 Å². The number of rotatable bonds is 12. The van der Waals surface area contributed by atoms with Crippen LogP contribution in [0.1, 0.15) is 52.9 Å². The molecule has 4 atom stereocenters. The van der Waals surface area contributed by atoms with E-state index in [0.717, 1.165) is 19.3 Å². The molecule has 1 aliphatic carbocycles. The van der Waals surface area contributed by atoms with Crippen molar-refractivity contribution in [1.82, 2.24) is 0 Å². The molecule has 0 amide bonds. The van der Waals surface area contributed by atoms with Crippen molar-refractivity contribution in [2.24, 2.45) is 17.8 Å². The van der Waals surface area contributed by atoms with Crippen LogP contribution in [-0.4, -0.2) is 21.8 Å². The molecule has 0 radical (unpaired) electrons. The Hall–Kier alpha value is -1.87. The van der Waals surface area contributed by atoms with E-state index in [-0.39, 0.29) is 18.3 Å². The SMILES string of the molecule is CC=CC(C=CCCC(=O)O)C(C=CCC)C=CCC1CC1(O)C=CC. The summed E-state index contributed by atoms with van der Waals surface area (Å²) in [5, 5.41) is 19.0. The van der Waals surface area contributed by atoms with Gasteiger partial charge in [-0.1, -0.05) is 67.7 Å². The van der Waals surface area contributed by atoms with Crippen LogP contribution in [0.3, 0.4) is 0 Å². The van der Waals surface area contributed by atoms with E-state index in [4.69, 9.17) is 5.11 Å². The second-order valence-electron chi connectivity index (χ2n) is 6.93. The number of aliphatic hydroxyl groups is 1. The lowest BCUT2D eigenvalue weighted by atomic mass is 9.89. The molecule has 4 unspecified atom stereocenters. The van der Waals surface area contributed by atoms with Gasteiger partial charge in [0.15, 0.2) is 0 Å². The van der Waals surface area contributed by atoms with E-state index < -0.39 is 11.6 Å². The normalized spacial score (nSPS) is 25.9. The number of aliphatic carboxylic acids is 1. The first-order valence-electron chi connectivity index (χ1n) is 9.67. The highest BCUT2D eigenvalue weighted by molar-refractivity contribution is 5.66. The summed E-state index contributed by atoms with van der Waals surface area (Å²) in [6.07, 6.45) is 24.3. The van der Waals surface area contributed by atoms with Gasteiger partial charge in [0.1, 0.15) is 0 Å². The summed E-state index contributed by atoms with van der Waals surface area (Å²) in [7, 11) is 0. The van der Waals surface area contributed by atoms with Crippen LogP contribution in [0.4, 0.5) is 0 Å². The summed E-state index contributed by atoms with van der Waals surface area (Å²) in [5.41, 5.74) is -0.604. The molecule has 0 heterocycles. The van der Waals surface area contributed by atoms with Gasteiger partial charge >= 0.3 is 5.97 Å². The molecule has 0 spiro atoms. The molecule has 1 saturated carbocycles. The number of allylic oxidation sites excluding steroid dienone is 9. The van der Waals surface area contributed by atoms with Gasteiger partial charge in [-0.2, -0.15) is 0 Å². The lowest BCUT2D eigenvalue weighted by Gasteiger charge is -2.15. The highest BCUT2D eigenvalue weighted by Gasteiger charge is 2.49. The van der Waals surface area contributed by atoms with Crippen LogP contribution in [-0.2, 0) is 4.79 Å². The highest BCUT2D eigenvalue weighted by Crippen LogP contribution is 2.47. The fourth-order valence-electron chi connectivity index (χ4n) is 3.13. The minimum Gasteiger partial charge on any atom is -0.481 e. The summed E-state index contributed by atoms with van der Waals surface area (Å²) >= 11 is 0. The van der Waals surface area contributed by atoms with Crippen molar-refractivity contribution in [1.29, 1.82) is 0 Å². The molecule has 144 valence electrons. The molecular formula is C23H34O3. The van der Waals surface area contributed by atoms with Crippen LogP contribution < -0.4 is 0 Å². The summed E-state index contributed by atoms with van der Waals surface area (Å²) in [4.78, 5) is 10.7. The predicted molar refractivity (Wildman–Crippen MR) is 109 cm³/mol. The molecule has 3 heteroatoms. The third-order valence-electron chi connectivity index (χ3n) is 4.69. The van der Waals surface area contributed by atoms with E-state index in [1.807, 2.05) is 38.2 Å². The Bertz CT molecular complexity index is 568. The van der Waals surface area contributed by atoms with Gasteiger partial charge in [-0.3, -0.25) is 4.79 Å². The molecule has 0 saturated heterocycles. The largest absolute Gasteiger partial charge is 0.481 e. The van der Waals surface area contributed by atoms with Gasteiger partial charge in [0.05, 0.1) is 5.60 Å². The van der Waals surface area contributed by atoms with E-state index >= 15 is 0 Å². The first-order chi connectivity index (χ1) is 12.5. The standard InChI is InChI=1S/C23H34O3/c1-4-7-12-20(14-10-15-21-18-23(21,26)17-6-3)19(11-5-2)13-8-9-16-22(24)25/h5-8,10-14,17,19-21,26H,4,9,15-16,18H2,1-3H3,(H,24,25). The zero-order chi connectivity index (χ0) is 19.4. The molecule has 26 heavy (non-hydrogen) atoms. The number of hydrogen-bond donors (Lipinski definition) is 2. The first kappa shape index (κ1) is 22.2. The zero-order valence-electron chi connectivity index (χ0n) is 16.3. The monoisotopic (exact) mass is 358 g/mol. The van der Waals surface area contributed by atoms with Crippen LogP contribution >= 0.6 is 0 Å². The Labute approximate surface area is 158 Å². The third-order valence-corrected chi connectivity index (χ3v) is 4.69. The Morgan fingerprint density at radius 2 is 1.73 bits per heavy atom. The molecule has 0 aromatic carbocycles. The number of carboxylic acid groups (broad SMARTS) is 1. The van der Waals surface area contributed by atoms with Crippen LogP contribution in [0.5, 0.6) is 0 Å². The van der Waals surface area contributed by atoms with E-state index in [0.29, 0.717) is 12.3 Å². The maximum absolute atomic E-state index is 10.7. The molecule has 1 rings (SSSR count). The Balaban J connectivity index is 2.73. The molecular weight excluding hydrogens is 324 g/mol. The lowest BCUT2D eigenvalue weighted by Crippen LogP contribution is -2.07. The lowest BCUT2D eigenvalue weighted by molar-refractivity contribution is -0.136. The average molecular weight is 359 g/mol. The number of carboxylic acids is 1. The zero-order valence-corrected chi connectivity index (χ0v) is 16.3. The summed E-state index contributed by atoms with van der Waals surface area (Å²) in [5.74, 6) is -0.00287. The van der Waals surface area contributed by atoms with Gasteiger partial charge in [-0.05, 0) is 45.4 Å². The summed E-state index contributed by atoms with van der Waals surface area (Å²) in [6, 6.07) is 0. The smallest absolute Gasteiger partial charge is 0.303 e. The van der Waals surface area contributed by atoms with Gasteiger partial charge in [-0.25, -0.2) is 0 Å². The number of carbonyl (C=O) groups is 1. The third kappa shape index (κ3) is 8.01.